The number of unbranched alkanes of at least 4 members (excludes halogenated alkanes) is 2. The van der Waals surface area contributed by atoms with E-state index in [2.05, 4.69) is 16.7 Å². The van der Waals surface area contributed by atoms with E-state index in [4.69, 9.17) is 18.0 Å². The molecule has 0 spiro atoms. The second kappa shape index (κ2) is 7.63. The van der Waals surface area contributed by atoms with Gasteiger partial charge in [0.25, 0.3) is 0 Å². The third-order valence-corrected chi connectivity index (χ3v) is 3.69. The Balaban J connectivity index is 2.49. The molecule has 0 radical (unpaired) electrons. The number of thioether (sulfide) groups is 1. The Hall–Kier alpha value is -0.750. The van der Waals surface area contributed by atoms with Gasteiger partial charge in [-0.3, -0.25) is 4.68 Å². The van der Waals surface area contributed by atoms with Crippen LogP contribution >= 0.6 is 24.0 Å². The summed E-state index contributed by atoms with van der Waals surface area (Å²) >= 11 is 6.97. The molecular formula is C12H22N4S2. The van der Waals surface area contributed by atoms with Crippen LogP contribution in [0, 0.1) is 6.92 Å². The predicted octanol–water partition coefficient (Wildman–Crippen LogP) is 2.31. The number of rotatable bonds is 8. The molecule has 0 amide bonds. The molecule has 0 atom stereocenters. The summed E-state index contributed by atoms with van der Waals surface area (Å²) < 4.78 is 1.81. The first kappa shape index (κ1) is 15.3. The second-order valence-electron chi connectivity index (χ2n) is 4.28. The molecule has 0 unspecified atom stereocenters. The maximum absolute atomic E-state index is 5.73. The molecule has 18 heavy (non-hydrogen) atoms. The smallest absolute Gasteiger partial charge is 0.134 e. The zero-order valence-electron chi connectivity index (χ0n) is 11.3. The molecule has 0 aromatic carbocycles. The molecule has 0 saturated heterocycles. The van der Waals surface area contributed by atoms with Crippen molar-refractivity contribution in [2.45, 2.75) is 26.2 Å². The molecule has 0 aliphatic heterocycles. The number of nitrogens with one attached hydrogen (secondary N) is 1. The van der Waals surface area contributed by atoms with Gasteiger partial charge in [-0.2, -0.15) is 16.9 Å². The predicted molar refractivity (Wildman–Crippen MR) is 84.6 cm³/mol. The number of nitrogens with two attached hydrogens (primary N) is 1. The van der Waals surface area contributed by atoms with E-state index < -0.39 is 0 Å². The second-order valence-corrected chi connectivity index (χ2v) is 5.70. The number of hydrogen-bond donors (Lipinski definition) is 2. The minimum Gasteiger partial charge on any atom is -0.389 e. The lowest BCUT2D eigenvalue weighted by Gasteiger charge is -2.09. The molecular weight excluding hydrogens is 264 g/mol. The van der Waals surface area contributed by atoms with Crippen LogP contribution in [-0.4, -0.2) is 33.3 Å². The first-order chi connectivity index (χ1) is 8.57. The van der Waals surface area contributed by atoms with E-state index in [1.54, 1.807) is 0 Å². The van der Waals surface area contributed by atoms with Crippen LogP contribution in [0.2, 0.25) is 0 Å². The Bertz CT molecular complexity index is 401. The zero-order chi connectivity index (χ0) is 13.5. The van der Waals surface area contributed by atoms with Gasteiger partial charge in [0, 0.05) is 13.6 Å². The molecule has 0 aliphatic rings. The monoisotopic (exact) mass is 286 g/mol. The van der Waals surface area contributed by atoms with Gasteiger partial charge in [-0.25, -0.2) is 0 Å². The summed E-state index contributed by atoms with van der Waals surface area (Å²) in [5, 5.41) is 7.73. The van der Waals surface area contributed by atoms with Crippen molar-refractivity contribution in [3.8, 4) is 0 Å². The third-order valence-electron chi connectivity index (χ3n) is 2.79. The summed E-state index contributed by atoms with van der Waals surface area (Å²) in [6.07, 6.45) is 5.81. The number of hydrogen-bond acceptors (Lipinski definition) is 4. The van der Waals surface area contributed by atoms with Gasteiger partial charge in [-0.1, -0.05) is 18.6 Å². The maximum Gasteiger partial charge on any atom is 0.134 e. The van der Waals surface area contributed by atoms with Gasteiger partial charge >= 0.3 is 0 Å². The van der Waals surface area contributed by atoms with E-state index in [-0.39, 0.29) is 0 Å². The largest absolute Gasteiger partial charge is 0.389 e. The Kier molecular flexibility index (Phi) is 6.49. The first-order valence-electron chi connectivity index (χ1n) is 6.14. The minimum absolute atomic E-state index is 0.408. The lowest BCUT2D eigenvalue weighted by molar-refractivity contribution is 0.726. The van der Waals surface area contributed by atoms with Crippen molar-refractivity contribution >= 4 is 34.8 Å². The molecule has 4 nitrogen and oxygen atoms in total. The molecule has 6 heteroatoms. The van der Waals surface area contributed by atoms with Crippen LogP contribution in [0.25, 0.3) is 0 Å². The molecule has 0 saturated carbocycles. The fourth-order valence-corrected chi connectivity index (χ4v) is 2.65. The molecule has 0 fully saturated rings. The van der Waals surface area contributed by atoms with Crippen molar-refractivity contribution in [3.05, 3.63) is 11.3 Å². The van der Waals surface area contributed by atoms with Crippen LogP contribution in [0.4, 0.5) is 5.82 Å². The van der Waals surface area contributed by atoms with E-state index in [1.807, 2.05) is 30.4 Å². The molecule has 1 heterocycles. The van der Waals surface area contributed by atoms with Crippen LogP contribution in [0.1, 0.15) is 30.5 Å². The summed E-state index contributed by atoms with van der Waals surface area (Å²) in [4.78, 5) is 0.408. The Labute approximate surface area is 119 Å². The Morgan fingerprint density at radius 2 is 2.17 bits per heavy atom. The van der Waals surface area contributed by atoms with Gasteiger partial charge in [-0.05, 0) is 31.8 Å². The van der Waals surface area contributed by atoms with Crippen LogP contribution in [0.3, 0.4) is 0 Å². The van der Waals surface area contributed by atoms with Crippen LogP contribution < -0.4 is 11.1 Å². The van der Waals surface area contributed by atoms with Gasteiger partial charge in [-0.15, -0.1) is 0 Å². The number of nitrogens with zero attached hydrogens (tertiary/aromatic N) is 2. The lowest BCUT2D eigenvalue weighted by atomic mass is 10.2. The molecule has 1 rings (SSSR count). The maximum atomic E-state index is 5.73. The van der Waals surface area contributed by atoms with Crippen molar-refractivity contribution in [1.82, 2.24) is 9.78 Å². The lowest BCUT2D eigenvalue weighted by Crippen LogP contribution is -2.15. The number of aromatic nitrogens is 2. The highest BCUT2D eigenvalue weighted by Gasteiger charge is 2.14. The highest BCUT2D eigenvalue weighted by Crippen LogP contribution is 2.18. The molecule has 1 aromatic heterocycles. The number of thiocarbonyl (C=S) groups is 1. The summed E-state index contributed by atoms with van der Waals surface area (Å²) in [6, 6.07) is 0. The van der Waals surface area contributed by atoms with Crippen molar-refractivity contribution in [3.63, 3.8) is 0 Å². The zero-order valence-corrected chi connectivity index (χ0v) is 13.0. The van der Waals surface area contributed by atoms with Crippen molar-refractivity contribution < 1.29 is 0 Å². The summed E-state index contributed by atoms with van der Waals surface area (Å²) in [5.74, 6) is 2.17. The Morgan fingerprint density at radius 1 is 1.44 bits per heavy atom. The fraction of sp³-hybridized carbons (Fsp3) is 0.667. The molecule has 102 valence electrons. The molecule has 3 N–H and O–H groups in total. The van der Waals surface area contributed by atoms with E-state index in [0.717, 1.165) is 30.0 Å². The number of anilines is 1. The number of aryl methyl sites for hydroxylation is 2. The quantitative estimate of drug-likeness (QED) is 0.567. The summed E-state index contributed by atoms with van der Waals surface area (Å²) in [5.41, 5.74) is 7.49. The van der Waals surface area contributed by atoms with Crippen LogP contribution in [0.15, 0.2) is 0 Å². The normalized spacial score (nSPS) is 10.6. The highest BCUT2D eigenvalue weighted by molar-refractivity contribution is 7.98. The average Bonchev–Trinajstić information content (AvgIpc) is 2.58. The van der Waals surface area contributed by atoms with Gasteiger partial charge in [0.15, 0.2) is 0 Å². The summed E-state index contributed by atoms with van der Waals surface area (Å²) in [7, 11) is 1.91. The Morgan fingerprint density at radius 3 is 2.78 bits per heavy atom. The van der Waals surface area contributed by atoms with Crippen molar-refractivity contribution in [1.29, 1.82) is 0 Å². The van der Waals surface area contributed by atoms with Crippen molar-refractivity contribution in [2.75, 3.05) is 23.9 Å². The first-order valence-corrected chi connectivity index (χ1v) is 7.94. The van der Waals surface area contributed by atoms with Gasteiger partial charge in [0.05, 0.1) is 11.3 Å². The van der Waals surface area contributed by atoms with E-state index in [0.29, 0.717) is 4.99 Å². The van der Waals surface area contributed by atoms with E-state index in [1.165, 1.54) is 18.6 Å². The van der Waals surface area contributed by atoms with E-state index >= 15 is 0 Å². The standard InChI is InChI=1S/C12H22N4S2/c1-9-10(11(13)17)12(16(2)15-9)14-7-5-4-6-8-18-3/h14H,4-8H2,1-3H3,(H2,13,17). The van der Waals surface area contributed by atoms with Gasteiger partial charge < -0.3 is 11.1 Å². The highest BCUT2D eigenvalue weighted by atomic mass is 32.2. The van der Waals surface area contributed by atoms with Crippen LogP contribution in [-0.2, 0) is 7.05 Å². The molecule has 0 aliphatic carbocycles. The topological polar surface area (TPSA) is 55.9 Å². The average molecular weight is 286 g/mol. The van der Waals surface area contributed by atoms with Gasteiger partial charge in [0.1, 0.15) is 10.8 Å². The minimum atomic E-state index is 0.408. The fourth-order valence-electron chi connectivity index (χ4n) is 1.91. The van der Waals surface area contributed by atoms with E-state index in [9.17, 15) is 0 Å². The van der Waals surface area contributed by atoms with Gasteiger partial charge in [0.2, 0.25) is 0 Å². The summed E-state index contributed by atoms with van der Waals surface area (Å²) in [6.45, 7) is 2.86. The SMILES string of the molecule is CSCCCCCNc1c(C(N)=S)c(C)nn1C. The third kappa shape index (κ3) is 4.17. The molecule has 0 bridgehead atoms. The van der Waals surface area contributed by atoms with Crippen molar-refractivity contribution in [2.24, 2.45) is 12.8 Å². The molecule has 1 aromatic rings. The van der Waals surface area contributed by atoms with Crippen LogP contribution in [0.5, 0.6) is 0 Å².